The molecule has 1 rings (SSSR count). The van der Waals surface area contributed by atoms with E-state index in [0.29, 0.717) is 0 Å². The molecule has 0 saturated heterocycles. The fraction of sp³-hybridized carbons (Fsp3) is 0.364. The molecule has 2 unspecified atom stereocenters. The van der Waals surface area contributed by atoms with Gasteiger partial charge in [0.1, 0.15) is 6.10 Å². The molecular formula is C11H12N4O6. The Morgan fingerprint density at radius 3 is 2.67 bits per heavy atom. The number of aliphatic carboxylic acids is 1. The zero-order valence-electron chi connectivity index (χ0n) is 10.7. The van der Waals surface area contributed by atoms with E-state index in [1.54, 1.807) is 0 Å². The molecular weight excluding hydrogens is 284 g/mol. The maximum absolute atomic E-state index is 10.9. The number of aliphatic hydroxyl groups excluding tert-OH is 2. The van der Waals surface area contributed by atoms with Gasteiger partial charge in [-0.25, -0.2) is 0 Å². The highest BCUT2D eigenvalue weighted by atomic mass is 16.6. The SMILES string of the molecule is [N-]=[N+]=NCC(O)C(O)c1ccc(CC(=O)O)c([N+](=O)[O-])c1. The molecule has 0 aliphatic heterocycles. The van der Waals surface area contributed by atoms with Gasteiger partial charge in [-0.05, 0) is 11.1 Å². The Hall–Kier alpha value is -2.68. The zero-order valence-corrected chi connectivity index (χ0v) is 10.7. The third kappa shape index (κ3) is 4.42. The van der Waals surface area contributed by atoms with E-state index >= 15 is 0 Å². The predicted octanol–water partition coefficient (Wildman–Crippen LogP) is 0.926. The quantitative estimate of drug-likeness (QED) is 0.222. The molecule has 2 atom stereocenters. The molecule has 10 nitrogen and oxygen atoms in total. The minimum absolute atomic E-state index is 0.0204. The van der Waals surface area contributed by atoms with Gasteiger partial charge in [-0.3, -0.25) is 14.9 Å². The van der Waals surface area contributed by atoms with Crippen LogP contribution in [-0.4, -0.2) is 38.9 Å². The van der Waals surface area contributed by atoms with E-state index in [9.17, 15) is 25.1 Å². The molecule has 0 heterocycles. The van der Waals surface area contributed by atoms with Crippen LogP contribution in [0, 0.1) is 10.1 Å². The van der Waals surface area contributed by atoms with Gasteiger partial charge >= 0.3 is 5.97 Å². The Balaban J connectivity index is 3.09. The summed E-state index contributed by atoms with van der Waals surface area (Å²) in [5, 5.41) is 42.1. The lowest BCUT2D eigenvalue weighted by molar-refractivity contribution is -0.385. The molecule has 0 amide bonds. The maximum Gasteiger partial charge on any atom is 0.308 e. The topological polar surface area (TPSA) is 170 Å². The molecule has 112 valence electrons. The van der Waals surface area contributed by atoms with Crippen molar-refractivity contribution >= 4 is 11.7 Å². The fourth-order valence-electron chi connectivity index (χ4n) is 1.69. The number of azide groups is 1. The monoisotopic (exact) mass is 296 g/mol. The summed E-state index contributed by atoms with van der Waals surface area (Å²) in [6, 6.07) is 3.46. The van der Waals surface area contributed by atoms with Gasteiger partial charge in [0.15, 0.2) is 0 Å². The smallest absolute Gasteiger partial charge is 0.308 e. The second kappa shape index (κ2) is 7.20. The van der Waals surface area contributed by atoms with Crippen LogP contribution < -0.4 is 0 Å². The Labute approximate surface area is 118 Å². The first-order valence-electron chi connectivity index (χ1n) is 5.72. The first kappa shape index (κ1) is 16.4. The summed E-state index contributed by atoms with van der Waals surface area (Å²) in [7, 11) is 0. The molecule has 1 aromatic rings. The van der Waals surface area contributed by atoms with Gasteiger partial charge in [0, 0.05) is 16.5 Å². The molecule has 0 radical (unpaired) electrons. The van der Waals surface area contributed by atoms with E-state index in [0.717, 1.165) is 6.07 Å². The van der Waals surface area contributed by atoms with Crippen molar-refractivity contribution < 1.29 is 25.0 Å². The Kier molecular flexibility index (Phi) is 5.61. The number of aliphatic hydroxyl groups is 2. The minimum atomic E-state index is -1.49. The number of carboxylic acids is 1. The van der Waals surface area contributed by atoms with Gasteiger partial charge in [0.25, 0.3) is 5.69 Å². The van der Waals surface area contributed by atoms with Crippen LogP contribution >= 0.6 is 0 Å². The largest absolute Gasteiger partial charge is 0.481 e. The van der Waals surface area contributed by atoms with Gasteiger partial charge in [-0.1, -0.05) is 17.2 Å². The molecule has 0 aliphatic rings. The van der Waals surface area contributed by atoms with Crippen LogP contribution in [0.25, 0.3) is 10.4 Å². The van der Waals surface area contributed by atoms with Crippen molar-refractivity contribution in [2.24, 2.45) is 5.11 Å². The Morgan fingerprint density at radius 1 is 1.48 bits per heavy atom. The highest BCUT2D eigenvalue weighted by Crippen LogP contribution is 2.26. The molecule has 3 N–H and O–H groups in total. The van der Waals surface area contributed by atoms with Crippen molar-refractivity contribution in [3.8, 4) is 0 Å². The fourth-order valence-corrected chi connectivity index (χ4v) is 1.69. The van der Waals surface area contributed by atoms with Crippen LogP contribution in [0.1, 0.15) is 17.2 Å². The third-order valence-corrected chi connectivity index (χ3v) is 2.69. The molecule has 0 bridgehead atoms. The van der Waals surface area contributed by atoms with E-state index < -0.39 is 41.8 Å². The number of carbonyl (C=O) groups is 1. The van der Waals surface area contributed by atoms with Crippen molar-refractivity contribution in [3.63, 3.8) is 0 Å². The second-order valence-electron chi connectivity index (χ2n) is 4.14. The van der Waals surface area contributed by atoms with Gasteiger partial charge < -0.3 is 15.3 Å². The highest BCUT2D eigenvalue weighted by molar-refractivity contribution is 5.72. The number of carboxylic acid groups (broad SMARTS) is 1. The summed E-state index contributed by atoms with van der Waals surface area (Å²) in [4.78, 5) is 23.2. The first-order valence-corrected chi connectivity index (χ1v) is 5.72. The lowest BCUT2D eigenvalue weighted by Gasteiger charge is -2.16. The van der Waals surface area contributed by atoms with Gasteiger partial charge in [0.05, 0.1) is 24.0 Å². The standard InChI is InChI=1S/C11H12N4O6/c12-14-13-5-9(16)11(19)7-2-1-6(4-10(17)18)8(3-7)15(20)21/h1-3,9,11,16,19H,4-5H2,(H,17,18). The number of hydrogen-bond acceptors (Lipinski definition) is 6. The minimum Gasteiger partial charge on any atom is -0.481 e. The summed E-state index contributed by atoms with van der Waals surface area (Å²) in [6.45, 7) is -0.400. The average Bonchev–Trinajstić information content (AvgIpc) is 2.43. The molecule has 0 aromatic heterocycles. The van der Waals surface area contributed by atoms with E-state index in [4.69, 9.17) is 10.6 Å². The number of benzene rings is 1. The molecule has 0 aliphatic carbocycles. The van der Waals surface area contributed by atoms with Crippen molar-refractivity contribution in [1.29, 1.82) is 0 Å². The van der Waals surface area contributed by atoms with E-state index in [-0.39, 0.29) is 11.1 Å². The summed E-state index contributed by atoms with van der Waals surface area (Å²) in [5.74, 6) is -1.23. The van der Waals surface area contributed by atoms with Crippen molar-refractivity contribution in [2.75, 3.05) is 6.54 Å². The predicted molar refractivity (Wildman–Crippen MR) is 69.4 cm³/mol. The normalized spacial score (nSPS) is 13.0. The van der Waals surface area contributed by atoms with E-state index in [2.05, 4.69) is 10.0 Å². The summed E-state index contributed by atoms with van der Waals surface area (Å²) >= 11 is 0. The number of nitrogens with zero attached hydrogens (tertiary/aromatic N) is 4. The van der Waals surface area contributed by atoms with Gasteiger partial charge in [-0.2, -0.15) is 0 Å². The second-order valence-corrected chi connectivity index (χ2v) is 4.14. The summed E-state index contributed by atoms with van der Waals surface area (Å²) in [5.41, 5.74) is 7.66. The highest BCUT2D eigenvalue weighted by Gasteiger charge is 2.23. The number of nitro groups is 1. The van der Waals surface area contributed by atoms with Crippen molar-refractivity contribution in [2.45, 2.75) is 18.6 Å². The molecule has 10 heteroatoms. The lowest BCUT2D eigenvalue weighted by atomic mass is 10.00. The van der Waals surface area contributed by atoms with Crippen LogP contribution in [0.2, 0.25) is 0 Å². The summed E-state index contributed by atoms with van der Waals surface area (Å²) in [6.07, 6.45) is -3.45. The summed E-state index contributed by atoms with van der Waals surface area (Å²) < 4.78 is 0. The Morgan fingerprint density at radius 2 is 2.14 bits per heavy atom. The molecule has 1 aromatic carbocycles. The molecule has 0 saturated carbocycles. The van der Waals surface area contributed by atoms with Crippen molar-refractivity contribution in [1.82, 2.24) is 0 Å². The number of rotatable bonds is 7. The van der Waals surface area contributed by atoms with Crippen LogP contribution in [-0.2, 0) is 11.2 Å². The molecule has 21 heavy (non-hydrogen) atoms. The third-order valence-electron chi connectivity index (χ3n) is 2.69. The maximum atomic E-state index is 10.9. The lowest BCUT2D eigenvalue weighted by Crippen LogP contribution is -2.21. The number of hydrogen-bond donors (Lipinski definition) is 3. The van der Waals surface area contributed by atoms with Crippen LogP contribution in [0.3, 0.4) is 0 Å². The first-order chi connectivity index (χ1) is 9.86. The molecule has 0 fully saturated rings. The van der Waals surface area contributed by atoms with Crippen LogP contribution in [0.15, 0.2) is 23.3 Å². The number of nitro benzene ring substituents is 1. The Bertz CT molecular complexity index is 598. The van der Waals surface area contributed by atoms with Gasteiger partial charge in [-0.15, -0.1) is 0 Å². The van der Waals surface area contributed by atoms with Gasteiger partial charge in [0.2, 0.25) is 0 Å². The average molecular weight is 296 g/mol. The van der Waals surface area contributed by atoms with Crippen LogP contribution in [0.5, 0.6) is 0 Å². The van der Waals surface area contributed by atoms with Crippen LogP contribution in [0.4, 0.5) is 5.69 Å². The van der Waals surface area contributed by atoms with E-state index in [1.165, 1.54) is 12.1 Å². The van der Waals surface area contributed by atoms with E-state index in [1.807, 2.05) is 0 Å². The zero-order chi connectivity index (χ0) is 16.0. The molecule has 0 spiro atoms. The van der Waals surface area contributed by atoms with Crippen molar-refractivity contribution in [3.05, 3.63) is 49.9 Å².